The van der Waals surface area contributed by atoms with E-state index in [-0.39, 0.29) is 17.4 Å². The van der Waals surface area contributed by atoms with Gasteiger partial charge >= 0.3 is 5.69 Å². The van der Waals surface area contributed by atoms with Crippen molar-refractivity contribution in [2.24, 2.45) is 5.73 Å². The van der Waals surface area contributed by atoms with Gasteiger partial charge in [-0.2, -0.15) is 5.26 Å². The van der Waals surface area contributed by atoms with E-state index in [1.54, 1.807) is 6.07 Å². The fourth-order valence-corrected chi connectivity index (χ4v) is 1.57. The van der Waals surface area contributed by atoms with Crippen molar-refractivity contribution >= 4 is 11.5 Å². The van der Waals surface area contributed by atoms with Crippen molar-refractivity contribution in [3.63, 3.8) is 0 Å². The first-order valence-electron chi connectivity index (χ1n) is 5.64. The molecular formula is C11H15N5O2. The minimum atomic E-state index is -0.623. The summed E-state index contributed by atoms with van der Waals surface area (Å²) in [6.07, 6.45) is 1.84. The fraction of sp³-hybridized carbons (Fsp3) is 0.455. The standard InChI is InChI=1S/C11H15N5O2/c1-2-3-8(6-12)14-11-5-4-10(16(17)18)9(7-13)15-11/h4-5,8H,2-3,6,12H2,1H3,(H,14,15). The van der Waals surface area contributed by atoms with Gasteiger partial charge < -0.3 is 11.1 Å². The number of hydrogen-bond acceptors (Lipinski definition) is 6. The molecule has 1 rings (SSSR count). The van der Waals surface area contributed by atoms with Crippen LogP contribution in [0.1, 0.15) is 25.5 Å². The zero-order valence-corrected chi connectivity index (χ0v) is 10.1. The van der Waals surface area contributed by atoms with E-state index in [2.05, 4.69) is 10.3 Å². The first-order chi connectivity index (χ1) is 8.62. The zero-order valence-electron chi connectivity index (χ0n) is 10.1. The highest BCUT2D eigenvalue weighted by Gasteiger charge is 2.16. The summed E-state index contributed by atoms with van der Waals surface area (Å²) < 4.78 is 0. The molecule has 1 unspecified atom stereocenters. The monoisotopic (exact) mass is 249 g/mol. The number of nitrogens with one attached hydrogen (secondary N) is 1. The third kappa shape index (κ3) is 3.40. The molecule has 0 radical (unpaired) electrons. The van der Waals surface area contributed by atoms with Crippen molar-refractivity contribution < 1.29 is 4.92 Å². The van der Waals surface area contributed by atoms with Gasteiger partial charge in [-0.05, 0) is 12.5 Å². The SMILES string of the molecule is CCCC(CN)Nc1ccc([N+](=O)[O-])c(C#N)n1. The van der Waals surface area contributed by atoms with E-state index in [4.69, 9.17) is 11.0 Å². The van der Waals surface area contributed by atoms with Crippen LogP contribution in [0.3, 0.4) is 0 Å². The van der Waals surface area contributed by atoms with E-state index in [0.717, 1.165) is 12.8 Å². The number of pyridine rings is 1. The van der Waals surface area contributed by atoms with Crippen LogP contribution < -0.4 is 11.1 Å². The molecule has 0 aliphatic rings. The Bertz CT molecular complexity index is 469. The van der Waals surface area contributed by atoms with Gasteiger partial charge in [0.15, 0.2) is 0 Å². The van der Waals surface area contributed by atoms with E-state index >= 15 is 0 Å². The molecular weight excluding hydrogens is 234 g/mol. The third-order valence-corrected chi connectivity index (χ3v) is 2.45. The molecule has 3 N–H and O–H groups in total. The largest absolute Gasteiger partial charge is 0.366 e. The Balaban J connectivity index is 2.92. The molecule has 0 aromatic carbocycles. The number of rotatable bonds is 6. The maximum absolute atomic E-state index is 10.6. The van der Waals surface area contributed by atoms with E-state index in [9.17, 15) is 10.1 Å². The number of aromatic nitrogens is 1. The van der Waals surface area contributed by atoms with Gasteiger partial charge in [0.2, 0.25) is 5.69 Å². The zero-order chi connectivity index (χ0) is 13.5. The number of nitro groups is 1. The normalized spacial score (nSPS) is 11.6. The number of anilines is 1. The molecule has 1 aromatic heterocycles. The topological polar surface area (TPSA) is 118 Å². The molecule has 0 aliphatic carbocycles. The maximum atomic E-state index is 10.6. The lowest BCUT2D eigenvalue weighted by Crippen LogP contribution is -2.29. The lowest BCUT2D eigenvalue weighted by Gasteiger charge is -2.16. The number of nitrogens with two attached hydrogens (primary N) is 1. The second-order valence-electron chi connectivity index (χ2n) is 3.80. The van der Waals surface area contributed by atoms with Gasteiger partial charge in [0.05, 0.1) is 4.92 Å². The summed E-state index contributed by atoms with van der Waals surface area (Å²) in [5, 5.41) is 22.5. The van der Waals surface area contributed by atoms with Crippen molar-refractivity contribution in [2.45, 2.75) is 25.8 Å². The third-order valence-electron chi connectivity index (χ3n) is 2.45. The van der Waals surface area contributed by atoms with Crippen LogP contribution in [0.15, 0.2) is 12.1 Å². The molecule has 1 aromatic rings. The second kappa shape index (κ2) is 6.51. The molecule has 0 saturated heterocycles. The average Bonchev–Trinajstić information content (AvgIpc) is 2.37. The summed E-state index contributed by atoms with van der Waals surface area (Å²) in [6.45, 7) is 2.47. The maximum Gasteiger partial charge on any atom is 0.305 e. The van der Waals surface area contributed by atoms with Gasteiger partial charge in [-0.1, -0.05) is 13.3 Å². The van der Waals surface area contributed by atoms with Crippen LogP contribution in [0, 0.1) is 21.4 Å². The average molecular weight is 249 g/mol. The summed E-state index contributed by atoms with van der Waals surface area (Å²) in [4.78, 5) is 13.9. The predicted molar refractivity (Wildman–Crippen MR) is 67.0 cm³/mol. The molecule has 0 fully saturated rings. The van der Waals surface area contributed by atoms with Crippen LogP contribution in [0.2, 0.25) is 0 Å². The number of nitrogens with zero attached hydrogens (tertiary/aromatic N) is 3. The van der Waals surface area contributed by atoms with E-state index in [1.165, 1.54) is 12.1 Å². The van der Waals surface area contributed by atoms with Gasteiger partial charge in [0, 0.05) is 18.7 Å². The molecule has 0 spiro atoms. The highest BCUT2D eigenvalue weighted by molar-refractivity contribution is 5.50. The van der Waals surface area contributed by atoms with Crippen LogP contribution in [0.4, 0.5) is 11.5 Å². The number of hydrogen-bond donors (Lipinski definition) is 2. The van der Waals surface area contributed by atoms with E-state index in [1.807, 2.05) is 6.92 Å². The second-order valence-corrected chi connectivity index (χ2v) is 3.80. The van der Waals surface area contributed by atoms with Crippen molar-refractivity contribution in [1.29, 1.82) is 5.26 Å². The first-order valence-corrected chi connectivity index (χ1v) is 5.64. The van der Waals surface area contributed by atoms with Crippen LogP contribution in [0.25, 0.3) is 0 Å². The molecule has 7 nitrogen and oxygen atoms in total. The van der Waals surface area contributed by atoms with E-state index in [0.29, 0.717) is 12.4 Å². The highest BCUT2D eigenvalue weighted by Crippen LogP contribution is 2.18. The molecule has 96 valence electrons. The van der Waals surface area contributed by atoms with Crippen molar-refractivity contribution in [2.75, 3.05) is 11.9 Å². The highest BCUT2D eigenvalue weighted by atomic mass is 16.6. The molecule has 1 atom stereocenters. The number of nitriles is 1. The van der Waals surface area contributed by atoms with Crippen molar-refractivity contribution in [3.05, 3.63) is 27.9 Å². The van der Waals surface area contributed by atoms with Gasteiger partial charge in [-0.3, -0.25) is 10.1 Å². The molecule has 7 heteroatoms. The van der Waals surface area contributed by atoms with Gasteiger partial charge in [0.25, 0.3) is 0 Å². The van der Waals surface area contributed by atoms with Crippen LogP contribution in [-0.4, -0.2) is 22.5 Å². The van der Waals surface area contributed by atoms with Crippen molar-refractivity contribution in [1.82, 2.24) is 4.98 Å². The minimum Gasteiger partial charge on any atom is -0.366 e. The summed E-state index contributed by atoms with van der Waals surface area (Å²) in [5.74, 6) is 0.432. The smallest absolute Gasteiger partial charge is 0.305 e. The molecule has 1 heterocycles. The van der Waals surface area contributed by atoms with Gasteiger partial charge in [0.1, 0.15) is 11.9 Å². The van der Waals surface area contributed by atoms with Crippen LogP contribution in [-0.2, 0) is 0 Å². The lowest BCUT2D eigenvalue weighted by atomic mass is 10.1. The van der Waals surface area contributed by atoms with Gasteiger partial charge in [-0.15, -0.1) is 0 Å². The quantitative estimate of drug-likeness (QED) is 0.581. The fourth-order valence-electron chi connectivity index (χ4n) is 1.57. The van der Waals surface area contributed by atoms with Crippen molar-refractivity contribution in [3.8, 4) is 6.07 Å². The molecule has 0 aliphatic heterocycles. The molecule has 0 amide bonds. The molecule has 18 heavy (non-hydrogen) atoms. The Labute approximate surface area is 105 Å². The minimum absolute atomic E-state index is 0.0514. The molecule has 0 bridgehead atoms. The van der Waals surface area contributed by atoms with E-state index < -0.39 is 4.92 Å². The van der Waals surface area contributed by atoms with Gasteiger partial charge in [-0.25, -0.2) is 4.98 Å². The summed E-state index contributed by atoms with van der Waals surface area (Å²) in [5.41, 5.74) is 5.11. The summed E-state index contributed by atoms with van der Waals surface area (Å²) in [7, 11) is 0. The van der Waals surface area contributed by atoms with Crippen LogP contribution >= 0.6 is 0 Å². The molecule has 0 saturated carbocycles. The lowest BCUT2D eigenvalue weighted by molar-refractivity contribution is -0.385. The Morgan fingerprint density at radius 3 is 2.89 bits per heavy atom. The predicted octanol–water partition coefficient (Wildman–Crippen LogP) is 1.40. The Morgan fingerprint density at radius 2 is 2.39 bits per heavy atom. The first kappa shape index (κ1) is 13.9. The van der Waals surface area contributed by atoms with Crippen LogP contribution in [0.5, 0.6) is 0 Å². The Hall–Kier alpha value is -2.20. The summed E-state index contributed by atoms with van der Waals surface area (Å²) >= 11 is 0. The summed E-state index contributed by atoms with van der Waals surface area (Å²) in [6, 6.07) is 4.52. The Kier molecular flexibility index (Phi) is 5.02. The Morgan fingerprint density at radius 1 is 1.67 bits per heavy atom.